The number of benzene rings is 2. The number of rotatable bonds is 5. The van der Waals surface area contributed by atoms with Crippen LogP contribution in [0.4, 0.5) is 18.9 Å². The summed E-state index contributed by atoms with van der Waals surface area (Å²) < 4.78 is 44.2. The summed E-state index contributed by atoms with van der Waals surface area (Å²) in [5.41, 5.74) is 1.51. The highest BCUT2D eigenvalue weighted by molar-refractivity contribution is 6.30. The van der Waals surface area contributed by atoms with Gasteiger partial charge < -0.3 is 9.88 Å². The first-order valence-corrected chi connectivity index (χ1v) is 10.2. The molecule has 0 spiro atoms. The zero-order valence-electron chi connectivity index (χ0n) is 17.1. The number of aromatic nitrogens is 2. The van der Waals surface area contributed by atoms with Gasteiger partial charge in [0.15, 0.2) is 0 Å². The van der Waals surface area contributed by atoms with E-state index in [1.807, 2.05) is 6.92 Å². The van der Waals surface area contributed by atoms with Gasteiger partial charge in [-0.05, 0) is 54.4 Å². The van der Waals surface area contributed by atoms with E-state index in [1.54, 1.807) is 54.6 Å². The number of aryl methyl sites for hydroxylation is 1. The largest absolute Gasteiger partial charge is 0.431 e. The summed E-state index contributed by atoms with van der Waals surface area (Å²) in [5, 5.41) is 3.56. The topological polar surface area (TPSA) is 46.9 Å². The Hall–Kier alpha value is -3.32. The van der Waals surface area contributed by atoms with Gasteiger partial charge >= 0.3 is 6.18 Å². The highest BCUT2D eigenvalue weighted by Crippen LogP contribution is 2.39. The van der Waals surface area contributed by atoms with E-state index < -0.39 is 24.2 Å². The van der Waals surface area contributed by atoms with Crippen molar-refractivity contribution in [3.63, 3.8) is 0 Å². The molecule has 0 aliphatic carbocycles. The lowest BCUT2D eigenvalue weighted by molar-refractivity contribution is -0.143. The standard InChI is InChI=1S/C24H19ClF3N3O/c1-15-2-7-21-19(12-15)20(13-22(32)30-18-8-10-29-11-9-18)23(24(26,27)28)31(21)14-16-3-5-17(25)6-4-16/h2-12H,13-14H2,1H3,(H,29,30,32). The lowest BCUT2D eigenvalue weighted by atomic mass is 10.0. The fraction of sp³-hybridized carbons (Fsp3) is 0.167. The van der Waals surface area contributed by atoms with Crippen molar-refractivity contribution in [2.75, 3.05) is 5.32 Å². The quantitative estimate of drug-likeness (QED) is 0.385. The lowest BCUT2D eigenvalue weighted by Crippen LogP contribution is -2.20. The normalized spacial score (nSPS) is 11.7. The number of hydrogen-bond acceptors (Lipinski definition) is 2. The molecule has 0 fully saturated rings. The van der Waals surface area contributed by atoms with Crippen LogP contribution in [0.15, 0.2) is 67.0 Å². The van der Waals surface area contributed by atoms with Gasteiger partial charge in [-0.2, -0.15) is 13.2 Å². The average Bonchev–Trinajstić information content (AvgIpc) is 3.03. The minimum absolute atomic E-state index is 0.00243. The third kappa shape index (κ3) is 4.62. The van der Waals surface area contributed by atoms with Crippen LogP contribution in [-0.4, -0.2) is 15.5 Å². The molecule has 1 N–H and O–H groups in total. The maximum Gasteiger partial charge on any atom is 0.431 e. The molecule has 8 heteroatoms. The van der Waals surface area contributed by atoms with Crippen molar-refractivity contribution in [1.29, 1.82) is 0 Å². The minimum atomic E-state index is -4.65. The third-order valence-corrected chi connectivity index (χ3v) is 5.40. The molecule has 0 radical (unpaired) electrons. The number of hydrogen-bond donors (Lipinski definition) is 1. The molecule has 32 heavy (non-hydrogen) atoms. The van der Waals surface area contributed by atoms with E-state index in [4.69, 9.17) is 11.6 Å². The van der Waals surface area contributed by atoms with Gasteiger partial charge in [-0.15, -0.1) is 0 Å². The molecule has 1 amide bonds. The fourth-order valence-corrected chi connectivity index (χ4v) is 3.90. The van der Waals surface area contributed by atoms with Crippen LogP contribution < -0.4 is 5.32 Å². The highest BCUT2D eigenvalue weighted by Gasteiger charge is 2.39. The Morgan fingerprint density at radius 2 is 1.75 bits per heavy atom. The summed E-state index contributed by atoms with van der Waals surface area (Å²) in [5.74, 6) is -0.534. The van der Waals surface area contributed by atoms with E-state index in [0.29, 0.717) is 27.2 Å². The number of fused-ring (bicyclic) bond motifs is 1. The van der Waals surface area contributed by atoms with Crippen molar-refractivity contribution in [1.82, 2.24) is 9.55 Å². The van der Waals surface area contributed by atoms with Crippen molar-refractivity contribution >= 4 is 34.1 Å². The molecule has 4 nitrogen and oxygen atoms in total. The first-order chi connectivity index (χ1) is 15.2. The van der Waals surface area contributed by atoms with E-state index in [0.717, 1.165) is 5.56 Å². The van der Waals surface area contributed by atoms with Gasteiger partial charge in [0.25, 0.3) is 0 Å². The fourth-order valence-electron chi connectivity index (χ4n) is 3.78. The number of carbonyl (C=O) groups excluding carboxylic acids is 1. The predicted molar refractivity (Wildman–Crippen MR) is 119 cm³/mol. The van der Waals surface area contributed by atoms with E-state index in [9.17, 15) is 18.0 Å². The molecular weight excluding hydrogens is 439 g/mol. The number of amides is 1. The molecule has 4 aromatic rings. The molecular formula is C24H19ClF3N3O. The van der Waals surface area contributed by atoms with Gasteiger partial charge in [0, 0.05) is 40.6 Å². The number of nitrogens with zero attached hydrogens (tertiary/aromatic N) is 2. The van der Waals surface area contributed by atoms with E-state index in [-0.39, 0.29) is 12.1 Å². The van der Waals surface area contributed by atoms with E-state index in [2.05, 4.69) is 10.3 Å². The van der Waals surface area contributed by atoms with Crippen LogP contribution in [0.25, 0.3) is 10.9 Å². The van der Waals surface area contributed by atoms with Gasteiger partial charge in [-0.1, -0.05) is 35.4 Å². The maximum atomic E-state index is 14.3. The van der Waals surface area contributed by atoms with Crippen LogP contribution in [0.3, 0.4) is 0 Å². The summed E-state index contributed by atoms with van der Waals surface area (Å²) >= 11 is 5.92. The molecule has 0 bridgehead atoms. The van der Waals surface area contributed by atoms with E-state index >= 15 is 0 Å². The summed E-state index contributed by atoms with van der Waals surface area (Å²) in [6.07, 6.45) is -2.06. The smallest absolute Gasteiger partial charge is 0.332 e. The van der Waals surface area contributed by atoms with Crippen LogP contribution in [0.2, 0.25) is 5.02 Å². The first-order valence-electron chi connectivity index (χ1n) is 9.85. The summed E-state index contributed by atoms with van der Waals surface area (Å²) in [6.45, 7) is 1.81. The van der Waals surface area contributed by atoms with Crippen LogP contribution in [0.1, 0.15) is 22.4 Å². The molecule has 0 aliphatic heterocycles. The number of halogens is 4. The predicted octanol–water partition coefficient (Wildman–Crippen LogP) is 6.25. The van der Waals surface area contributed by atoms with Crippen LogP contribution in [0.5, 0.6) is 0 Å². The van der Waals surface area contributed by atoms with Gasteiger partial charge in [-0.3, -0.25) is 9.78 Å². The van der Waals surface area contributed by atoms with E-state index in [1.165, 1.54) is 17.0 Å². The number of carbonyl (C=O) groups is 1. The number of anilines is 1. The number of nitrogens with one attached hydrogen (secondary N) is 1. The zero-order valence-corrected chi connectivity index (χ0v) is 17.8. The SMILES string of the molecule is Cc1ccc2c(c1)c(CC(=O)Nc1ccncc1)c(C(F)(F)F)n2Cc1ccc(Cl)cc1. The Labute approximate surface area is 187 Å². The van der Waals surface area contributed by atoms with Crippen molar-refractivity contribution in [3.05, 3.63) is 94.4 Å². The monoisotopic (exact) mass is 457 g/mol. The Balaban J connectivity index is 1.82. The average molecular weight is 458 g/mol. The Kier molecular flexibility index (Phi) is 5.93. The van der Waals surface area contributed by atoms with Crippen molar-refractivity contribution < 1.29 is 18.0 Å². The summed E-state index contributed by atoms with van der Waals surface area (Å²) in [6, 6.07) is 15.0. The zero-order chi connectivity index (χ0) is 22.9. The molecule has 4 rings (SSSR count). The maximum absolute atomic E-state index is 14.3. The molecule has 2 aromatic carbocycles. The third-order valence-electron chi connectivity index (χ3n) is 5.15. The Morgan fingerprint density at radius 3 is 2.41 bits per heavy atom. The van der Waals surface area contributed by atoms with Crippen LogP contribution in [-0.2, 0) is 23.9 Å². The first kappa shape index (κ1) is 21.9. The Morgan fingerprint density at radius 1 is 1.06 bits per heavy atom. The van der Waals surface area contributed by atoms with Crippen LogP contribution >= 0.6 is 11.6 Å². The van der Waals surface area contributed by atoms with Gasteiger partial charge in [0.2, 0.25) is 5.91 Å². The highest BCUT2D eigenvalue weighted by atomic mass is 35.5. The van der Waals surface area contributed by atoms with Crippen LogP contribution in [0, 0.1) is 6.92 Å². The molecule has 0 atom stereocenters. The number of alkyl halides is 3. The van der Waals surface area contributed by atoms with Crippen molar-refractivity contribution in [2.45, 2.75) is 26.1 Å². The second-order valence-corrected chi connectivity index (χ2v) is 7.96. The van der Waals surface area contributed by atoms with Gasteiger partial charge in [-0.25, -0.2) is 0 Å². The summed E-state index contributed by atoms with van der Waals surface area (Å²) in [4.78, 5) is 16.5. The second kappa shape index (κ2) is 8.67. The lowest BCUT2D eigenvalue weighted by Gasteiger charge is -2.15. The molecule has 0 saturated carbocycles. The molecule has 2 aromatic heterocycles. The molecule has 0 aliphatic rings. The molecule has 0 saturated heterocycles. The molecule has 2 heterocycles. The number of pyridine rings is 1. The minimum Gasteiger partial charge on any atom is -0.332 e. The molecule has 0 unspecified atom stereocenters. The summed E-state index contributed by atoms with van der Waals surface area (Å²) in [7, 11) is 0. The Bertz CT molecular complexity index is 1270. The second-order valence-electron chi connectivity index (χ2n) is 7.52. The molecule has 164 valence electrons. The van der Waals surface area contributed by atoms with Crippen molar-refractivity contribution in [2.24, 2.45) is 0 Å². The van der Waals surface area contributed by atoms with Crippen molar-refractivity contribution in [3.8, 4) is 0 Å². The van der Waals surface area contributed by atoms with Gasteiger partial charge in [0.05, 0.1) is 6.42 Å². The van der Waals surface area contributed by atoms with Gasteiger partial charge in [0.1, 0.15) is 5.69 Å².